The van der Waals surface area contributed by atoms with E-state index in [9.17, 15) is 9.59 Å². The van der Waals surface area contributed by atoms with Gasteiger partial charge in [-0.3, -0.25) is 9.59 Å². The SMILES string of the molecule is CC(=O)CC(=O)NC(C)c1cc(C)oc1C. The number of carbonyl (C=O) groups is 2. The summed E-state index contributed by atoms with van der Waals surface area (Å²) in [5.41, 5.74) is 0.953. The van der Waals surface area contributed by atoms with Crippen molar-refractivity contribution >= 4 is 11.7 Å². The highest BCUT2D eigenvalue weighted by atomic mass is 16.3. The Balaban J connectivity index is 2.65. The van der Waals surface area contributed by atoms with Crippen molar-refractivity contribution in [1.82, 2.24) is 5.32 Å². The summed E-state index contributed by atoms with van der Waals surface area (Å²) < 4.78 is 5.38. The maximum Gasteiger partial charge on any atom is 0.227 e. The zero-order chi connectivity index (χ0) is 12.3. The zero-order valence-corrected chi connectivity index (χ0v) is 10.1. The maximum absolute atomic E-state index is 11.4. The first-order valence-electron chi connectivity index (χ1n) is 5.26. The van der Waals surface area contributed by atoms with E-state index in [2.05, 4.69) is 5.32 Å². The van der Waals surface area contributed by atoms with Gasteiger partial charge >= 0.3 is 0 Å². The maximum atomic E-state index is 11.4. The van der Waals surface area contributed by atoms with Crippen molar-refractivity contribution < 1.29 is 14.0 Å². The van der Waals surface area contributed by atoms with E-state index in [-0.39, 0.29) is 24.2 Å². The Morgan fingerprint density at radius 2 is 2.06 bits per heavy atom. The van der Waals surface area contributed by atoms with Gasteiger partial charge in [-0.25, -0.2) is 0 Å². The Hall–Kier alpha value is -1.58. The molecule has 0 bridgehead atoms. The lowest BCUT2D eigenvalue weighted by atomic mass is 10.1. The van der Waals surface area contributed by atoms with Gasteiger partial charge in [0.2, 0.25) is 5.91 Å². The molecule has 0 aliphatic rings. The standard InChI is InChI=1S/C12H17NO3/c1-7(14)5-12(15)13-9(3)11-6-8(2)16-10(11)4/h6,9H,5H2,1-4H3,(H,13,15). The molecule has 0 aromatic carbocycles. The summed E-state index contributed by atoms with van der Waals surface area (Å²) in [5, 5.41) is 2.76. The topological polar surface area (TPSA) is 59.3 Å². The number of aryl methyl sites for hydroxylation is 2. The first kappa shape index (κ1) is 12.5. The lowest BCUT2D eigenvalue weighted by Gasteiger charge is -2.12. The van der Waals surface area contributed by atoms with E-state index in [4.69, 9.17) is 4.42 Å². The fraction of sp³-hybridized carbons (Fsp3) is 0.500. The largest absolute Gasteiger partial charge is 0.466 e. The van der Waals surface area contributed by atoms with Crippen molar-refractivity contribution in [3.05, 3.63) is 23.2 Å². The second-order valence-corrected chi connectivity index (χ2v) is 4.04. The minimum absolute atomic E-state index is 0.0692. The molecular weight excluding hydrogens is 206 g/mol. The third-order valence-electron chi connectivity index (χ3n) is 2.33. The molecule has 1 N–H and O–H groups in total. The molecule has 0 radical (unpaired) electrons. The first-order valence-corrected chi connectivity index (χ1v) is 5.26. The predicted molar refractivity (Wildman–Crippen MR) is 60.0 cm³/mol. The number of Topliss-reactive ketones (excluding diaryl/α,β-unsaturated/α-hetero) is 1. The second kappa shape index (κ2) is 4.96. The average Bonchev–Trinajstić information content (AvgIpc) is 2.43. The highest BCUT2D eigenvalue weighted by Crippen LogP contribution is 2.21. The molecular formula is C12H17NO3. The van der Waals surface area contributed by atoms with E-state index < -0.39 is 0 Å². The van der Waals surface area contributed by atoms with Gasteiger partial charge in [-0.15, -0.1) is 0 Å². The summed E-state index contributed by atoms with van der Waals surface area (Å²) in [6.45, 7) is 6.99. The van der Waals surface area contributed by atoms with Crippen molar-refractivity contribution in [3.8, 4) is 0 Å². The van der Waals surface area contributed by atoms with Gasteiger partial charge < -0.3 is 9.73 Å². The van der Waals surface area contributed by atoms with Crippen LogP contribution >= 0.6 is 0 Å². The highest BCUT2D eigenvalue weighted by Gasteiger charge is 2.15. The number of carbonyl (C=O) groups excluding carboxylic acids is 2. The fourth-order valence-electron chi connectivity index (χ4n) is 1.68. The number of hydrogen-bond donors (Lipinski definition) is 1. The predicted octanol–water partition coefficient (Wildman–Crippen LogP) is 2.05. The van der Waals surface area contributed by atoms with Gasteiger partial charge in [-0.05, 0) is 33.8 Å². The molecule has 88 valence electrons. The Morgan fingerprint density at radius 3 is 2.50 bits per heavy atom. The van der Waals surface area contributed by atoms with E-state index >= 15 is 0 Å². The molecule has 0 aliphatic carbocycles. The smallest absolute Gasteiger partial charge is 0.227 e. The molecule has 0 aliphatic heterocycles. The lowest BCUT2D eigenvalue weighted by Crippen LogP contribution is -2.28. The third kappa shape index (κ3) is 3.22. The van der Waals surface area contributed by atoms with Crippen molar-refractivity contribution in [3.63, 3.8) is 0 Å². The van der Waals surface area contributed by atoms with Crippen LogP contribution in [0.5, 0.6) is 0 Å². The van der Waals surface area contributed by atoms with Gasteiger partial charge in [-0.1, -0.05) is 0 Å². The summed E-state index contributed by atoms with van der Waals surface area (Å²) in [6, 6.07) is 1.76. The fourth-order valence-corrected chi connectivity index (χ4v) is 1.68. The molecule has 0 spiro atoms. The molecule has 4 nitrogen and oxygen atoms in total. The molecule has 1 heterocycles. The van der Waals surface area contributed by atoms with Crippen molar-refractivity contribution in [2.24, 2.45) is 0 Å². The molecule has 0 saturated heterocycles. The van der Waals surface area contributed by atoms with Crippen molar-refractivity contribution in [2.45, 2.75) is 40.2 Å². The third-order valence-corrected chi connectivity index (χ3v) is 2.33. The Kier molecular flexibility index (Phi) is 3.88. The summed E-state index contributed by atoms with van der Waals surface area (Å²) in [6.07, 6.45) is -0.0692. The van der Waals surface area contributed by atoms with E-state index in [0.29, 0.717) is 0 Å². The van der Waals surface area contributed by atoms with Crippen molar-refractivity contribution in [1.29, 1.82) is 0 Å². The molecule has 1 unspecified atom stereocenters. The van der Waals surface area contributed by atoms with Gasteiger partial charge in [0.1, 0.15) is 17.3 Å². The first-order chi connectivity index (χ1) is 7.40. The van der Waals surface area contributed by atoms with Crippen LogP contribution in [0.2, 0.25) is 0 Å². The molecule has 16 heavy (non-hydrogen) atoms. The van der Waals surface area contributed by atoms with Gasteiger partial charge in [0.05, 0.1) is 12.5 Å². The van der Waals surface area contributed by atoms with Crippen LogP contribution in [0.3, 0.4) is 0 Å². The molecule has 1 aromatic rings. The van der Waals surface area contributed by atoms with Gasteiger partial charge in [0, 0.05) is 5.56 Å². The Bertz CT molecular complexity index is 406. The number of furan rings is 1. The summed E-state index contributed by atoms with van der Waals surface area (Å²) >= 11 is 0. The van der Waals surface area contributed by atoms with Gasteiger partial charge in [0.15, 0.2) is 0 Å². The molecule has 1 amide bonds. The number of nitrogens with one attached hydrogen (secondary N) is 1. The monoisotopic (exact) mass is 223 g/mol. The van der Waals surface area contributed by atoms with E-state index in [1.54, 1.807) is 0 Å². The minimum Gasteiger partial charge on any atom is -0.466 e. The molecule has 0 fully saturated rings. The lowest BCUT2D eigenvalue weighted by molar-refractivity contribution is -0.127. The highest BCUT2D eigenvalue weighted by molar-refractivity contribution is 5.96. The minimum atomic E-state index is -0.252. The molecule has 0 saturated carbocycles. The van der Waals surface area contributed by atoms with Crippen LogP contribution in [-0.4, -0.2) is 11.7 Å². The van der Waals surface area contributed by atoms with E-state index in [0.717, 1.165) is 17.1 Å². The van der Waals surface area contributed by atoms with Crippen LogP contribution < -0.4 is 5.32 Å². The second-order valence-electron chi connectivity index (χ2n) is 4.04. The molecule has 4 heteroatoms. The summed E-state index contributed by atoms with van der Waals surface area (Å²) in [4.78, 5) is 22.2. The molecule has 1 atom stereocenters. The van der Waals surface area contributed by atoms with E-state index in [1.807, 2.05) is 26.8 Å². The number of hydrogen-bond acceptors (Lipinski definition) is 3. The molecule has 1 rings (SSSR count). The van der Waals surface area contributed by atoms with E-state index in [1.165, 1.54) is 6.92 Å². The van der Waals surface area contributed by atoms with Crippen LogP contribution in [-0.2, 0) is 9.59 Å². The van der Waals surface area contributed by atoms with Crippen LogP contribution in [0.15, 0.2) is 10.5 Å². The number of ketones is 1. The van der Waals surface area contributed by atoms with Crippen LogP contribution in [0.4, 0.5) is 0 Å². The Labute approximate surface area is 95.0 Å². The molecule has 1 aromatic heterocycles. The van der Waals surface area contributed by atoms with Gasteiger partial charge in [-0.2, -0.15) is 0 Å². The van der Waals surface area contributed by atoms with Crippen LogP contribution in [0.25, 0.3) is 0 Å². The zero-order valence-electron chi connectivity index (χ0n) is 10.1. The summed E-state index contributed by atoms with van der Waals surface area (Å²) in [7, 11) is 0. The van der Waals surface area contributed by atoms with Crippen LogP contribution in [0.1, 0.15) is 43.4 Å². The summed E-state index contributed by atoms with van der Waals surface area (Å²) in [5.74, 6) is 1.23. The quantitative estimate of drug-likeness (QED) is 0.795. The average molecular weight is 223 g/mol. The number of amides is 1. The van der Waals surface area contributed by atoms with Gasteiger partial charge in [0.25, 0.3) is 0 Å². The number of rotatable bonds is 4. The normalized spacial score (nSPS) is 12.2. The van der Waals surface area contributed by atoms with Crippen LogP contribution in [0, 0.1) is 13.8 Å². The van der Waals surface area contributed by atoms with Crippen molar-refractivity contribution in [2.75, 3.05) is 0 Å². The Morgan fingerprint density at radius 1 is 1.44 bits per heavy atom.